The highest BCUT2D eigenvalue weighted by molar-refractivity contribution is 5.79. The first-order valence-electron chi connectivity index (χ1n) is 11.3. The van der Waals surface area contributed by atoms with E-state index >= 15 is 0 Å². The number of halogens is 6. The second-order valence-electron chi connectivity index (χ2n) is 8.35. The number of aliphatic carboxylic acids is 2. The Balaban J connectivity index is 0.000000317. The Hall–Kier alpha value is -3.66. The molecular formula is C23H25F6N3O7. The largest absolute Gasteiger partial charge is 0.490 e. The van der Waals surface area contributed by atoms with E-state index in [2.05, 4.69) is 15.2 Å². The molecular weight excluding hydrogens is 544 g/mol. The van der Waals surface area contributed by atoms with Crippen LogP contribution < -0.4 is 5.32 Å². The van der Waals surface area contributed by atoms with Gasteiger partial charge in [-0.25, -0.2) is 9.59 Å². The number of alkyl halides is 6. The molecule has 0 saturated carbocycles. The molecule has 0 aliphatic carbocycles. The fourth-order valence-corrected chi connectivity index (χ4v) is 3.86. The molecule has 2 fully saturated rings. The monoisotopic (exact) mass is 569 g/mol. The van der Waals surface area contributed by atoms with E-state index in [9.17, 15) is 31.1 Å². The first-order chi connectivity index (χ1) is 18.2. The van der Waals surface area contributed by atoms with Gasteiger partial charge >= 0.3 is 24.3 Å². The number of amides is 1. The zero-order chi connectivity index (χ0) is 29.2. The minimum atomic E-state index is -5.08. The van der Waals surface area contributed by atoms with Crippen molar-refractivity contribution in [1.29, 1.82) is 0 Å². The number of ether oxygens (including phenoxy) is 1. The lowest BCUT2D eigenvalue weighted by Gasteiger charge is -2.40. The molecule has 0 aromatic carbocycles. The zero-order valence-corrected chi connectivity index (χ0v) is 20.1. The summed E-state index contributed by atoms with van der Waals surface area (Å²) in [5.41, 5.74) is 1.03. The van der Waals surface area contributed by atoms with Gasteiger partial charge in [-0.2, -0.15) is 26.3 Å². The summed E-state index contributed by atoms with van der Waals surface area (Å²) in [7, 11) is 0. The molecule has 1 amide bonds. The molecule has 4 rings (SSSR count). The van der Waals surface area contributed by atoms with Crippen molar-refractivity contribution in [2.75, 3.05) is 13.2 Å². The van der Waals surface area contributed by atoms with Gasteiger partial charge in [0.25, 0.3) is 0 Å². The van der Waals surface area contributed by atoms with Crippen molar-refractivity contribution in [2.24, 2.45) is 5.92 Å². The van der Waals surface area contributed by atoms with E-state index in [0.29, 0.717) is 12.6 Å². The standard InChI is InChI=1S/C19H23N3O3.2C2HF3O2/c23-19(21-11-16-5-3-8-24-16)14-10-18-17(6-9-25-18)22(12-14)13-15-4-1-2-7-20-15;2*3-2(4,5)1(6)7/h1-5,7-8,14,17-18H,6,9-13H2,(H,21,23);2*(H,6,7)/t14-,17+,18+;;/m0../s1. The van der Waals surface area contributed by atoms with Crippen LogP contribution >= 0.6 is 0 Å². The predicted octanol–water partition coefficient (Wildman–Crippen LogP) is 3.24. The number of hydrogen-bond donors (Lipinski definition) is 3. The summed E-state index contributed by atoms with van der Waals surface area (Å²) >= 11 is 0. The summed E-state index contributed by atoms with van der Waals surface area (Å²) in [6.45, 7) is 2.70. The molecule has 16 heteroatoms. The molecule has 2 aliphatic heterocycles. The third-order valence-electron chi connectivity index (χ3n) is 5.58. The number of fused-ring (bicyclic) bond motifs is 1. The number of carbonyl (C=O) groups is 3. The van der Waals surface area contributed by atoms with E-state index in [0.717, 1.165) is 44.0 Å². The molecule has 3 atom stereocenters. The summed E-state index contributed by atoms with van der Waals surface area (Å²) in [5.74, 6) is -4.75. The van der Waals surface area contributed by atoms with E-state index in [1.54, 1.807) is 6.26 Å². The van der Waals surface area contributed by atoms with Crippen LogP contribution in [0.5, 0.6) is 0 Å². The highest BCUT2D eigenvalue weighted by atomic mass is 19.4. The van der Waals surface area contributed by atoms with Crippen molar-refractivity contribution >= 4 is 17.8 Å². The number of nitrogens with zero attached hydrogens (tertiary/aromatic N) is 2. The van der Waals surface area contributed by atoms with Crippen molar-refractivity contribution in [3.05, 3.63) is 54.2 Å². The second-order valence-corrected chi connectivity index (χ2v) is 8.35. The SMILES string of the molecule is O=C(NCc1ccco1)[C@H]1C[C@H]2OCC[C@H]2N(Cc2ccccn2)C1.O=C(O)C(F)(F)F.O=C(O)C(F)(F)F. The summed E-state index contributed by atoms with van der Waals surface area (Å²) in [5, 5.41) is 17.2. The van der Waals surface area contributed by atoms with E-state index in [4.69, 9.17) is 29.0 Å². The van der Waals surface area contributed by atoms with Crippen LogP contribution in [0.4, 0.5) is 26.3 Å². The Kier molecular flexibility index (Phi) is 11.3. The summed E-state index contributed by atoms with van der Waals surface area (Å²) in [6, 6.07) is 10.0. The van der Waals surface area contributed by atoms with E-state index in [1.165, 1.54) is 0 Å². The molecule has 2 aliphatic rings. The number of rotatable bonds is 5. The van der Waals surface area contributed by atoms with Gasteiger partial charge < -0.3 is 24.7 Å². The Morgan fingerprint density at radius 1 is 1.03 bits per heavy atom. The number of pyridine rings is 1. The quantitative estimate of drug-likeness (QED) is 0.463. The lowest BCUT2D eigenvalue weighted by atomic mass is 9.89. The second kappa shape index (κ2) is 13.9. The van der Waals surface area contributed by atoms with Crippen LogP contribution in [0.2, 0.25) is 0 Å². The molecule has 0 radical (unpaired) electrons. The minimum Gasteiger partial charge on any atom is -0.475 e. The predicted molar refractivity (Wildman–Crippen MR) is 119 cm³/mol. The Bertz CT molecular complexity index is 1040. The fraction of sp³-hybridized carbons (Fsp3) is 0.478. The average molecular weight is 569 g/mol. The van der Waals surface area contributed by atoms with Gasteiger partial charge in [-0.3, -0.25) is 14.7 Å². The zero-order valence-electron chi connectivity index (χ0n) is 20.1. The van der Waals surface area contributed by atoms with Crippen molar-refractivity contribution in [3.8, 4) is 0 Å². The van der Waals surface area contributed by atoms with Crippen LogP contribution in [0.25, 0.3) is 0 Å². The summed E-state index contributed by atoms with van der Waals surface area (Å²) < 4.78 is 74.6. The lowest BCUT2D eigenvalue weighted by molar-refractivity contribution is -0.193. The van der Waals surface area contributed by atoms with Crippen LogP contribution in [-0.4, -0.2) is 75.6 Å². The maximum absolute atomic E-state index is 12.6. The van der Waals surface area contributed by atoms with Crippen LogP contribution in [-0.2, 0) is 32.2 Å². The number of aromatic nitrogens is 1. The van der Waals surface area contributed by atoms with Gasteiger partial charge in [0.05, 0.1) is 30.5 Å². The Labute approximate surface area is 217 Å². The number of carbonyl (C=O) groups excluding carboxylic acids is 1. The number of likely N-dealkylation sites (tertiary alicyclic amines) is 1. The Morgan fingerprint density at radius 3 is 2.18 bits per heavy atom. The van der Waals surface area contributed by atoms with Gasteiger partial charge in [0.15, 0.2) is 0 Å². The number of carboxylic acid groups (broad SMARTS) is 2. The molecule has 0 unspecified atom stereocenters. The van der Waals surface area contributed by atoms with Crippen molar-refractivity contribution in [2.45, 2.75) is 50.4 Å². The number of hydrogen-bond acceptors (Lipinski definition) is 7. The molecule has 2 aromatic rings. The highest BCUT2D eigenvalue weighted by Gasteiger charge is 2.42. The van der Waals surface area contributed by atoms with Crippen molar-refractivity contribution < 1.29 is 60.1 Å². The van der Waals surface area contributed by atoms with Crippen molar-refractivity contribution in [1.82, 2.24) is 15.2 Å². The van der Waals surface area contributed by atoms with Crippen molar-refractivity contribution in [3.63, 3.8) is 0 Å². The molecule has 0 bridgehead atoms. The molecule has 10 nitrogen and oxygen atoms in total. The average Bonchev–Trinajstić information content (AvgIpc) is 3.55. The van der Waals surface area contributed by atoms with Gasteiger partial charge in [0.2, 0.25) is 5.91 Å². The van der Waals surface area contributed by atoms with Gasteiger partial charge in [-0.05, 0) is 37.1 Å². The van der Waals surface area contributed by atoms with Gasteiger partial charge in [-0.15, -0.1) is 0 Å². The van der Waals surface area contributed by atoms with Crippen LogP contribution in [0.1, 0.15) is 24.3 Å². The number of carboxylic acids is 2. The van der Waals surface area contributed by atoms with Crippen LogP contribution in [0.15, 0.2) is 47.2 Å². The van der Waals surface area contributed by atoms with Crippen LogP contribution in [0, 0.1) is 5.92 Å². The fourth-order valence-electron chi connectivity index (χ4n) is 3.86. The van der Waals surface area contributed by atoms with Gasteiger partial charge in [0.1, 0.15) is 5.76 Å². The minimum absolute atomic E-state index is 0.0661. The number of nitrogens with one attached hydrogen (secondary N) is 1. The summed E-state index contributed by atoms with van der Waals surface area (Å²) in [6.07, 6.45) is -4.79. The maximum atomic E-state index is 12.6. The number of furan rings is 1. The molecule has 39 heavy (non-hydrogen) atoms. The normalized spacial score (nSPS) is 20.9. The van der Waals surface area contributed by atoms with E-state index < -0.39 is 24.3 Å². The first-order valence-corrected chi connectivity index (χ1v) is 11.3. The third kappa shape index (κ3) is 10.6. The highest BCUT2D eigenvalue weighted by Crippen LogP contribution is 2.32. The Morgan fingerprint density at radius 2 is 1.67 bits per heavy atom. The topological polar surface area (TPSA) is 142 Å². The molecule has 216 valence electrons. The molecule has 2 aromatic heterocycles. The molecule has 2 saturated heterocycles. The summed E-state index contributed by atoms with van der Waals surface area (Å²) in [4.78, 5) is 37.2. The molecule has 3 N–H and O–H groups in total. The first kappa shape index (κ1) is 31.6. The van der Waals surface area contributed by atoms with E-state index in [-0.39, 0.29) is 17.9 Å². The maximum Gasteiger partial charge on any atom is 0.490 e. The number of piperidine rings is 1. The van der Waals surface area contributed by atoms with Gasteiger partial charge in [0, 0.05) is 31.9 Å². The lowest BCUT2D eigenvalue weighted by Crippen LogP contribution is -2.52. The molecule has 0 spiro atoms. The van der Waals surface area contributed by atoms with E-state index in [1.807, 2.05) is 36.5 Å². The smallest absolute Gasteiger partial charge is 0.475 e. The van der Waals surface area contributed by atoms with Gasteiger partial charge in [-0.1, -0.05) is 6.07 Å². The molecule has 4 heterocycles. The third-order valence-corrected chi connectivity index (χ3v) is 5.58. The van der Waals surface area contributed by atoms with Crippen LogP contribution in [0.3, 0.4) is 0 Å².